The van der Waals surface area contributed by atoms with Gasteiger partial charge in [-0.1, -0.05) is 26.2 Å². The number of ether oxygens (including phenoxy) is 2. The maximum absolute atomic E-state index is 13.2. The van der Waals surface area contributed by atoms with Crippen molar-refractivity contribution in [2.24, 2.45) is 0 Å². The van der Waals surface area contributed by atoms with Crippen LogP contribution in [0.5, 0.6) is 11.5 Å². The van der Waals surface area contributed by atoms with Crippen LogP contribution in [0.15, 0.2) is 36.8 Å². The molecule has 0 amide bonds. The fourth-order valence-electron chi connectivity index (χ4n) is 4.05. The molecule has 0 aromatic carbocycles. The van der Waals surface area contributed by atoms with E-state index in [1.165, 1.54) is 36.0 Å². The summed E-state index contributed by atoms with van der Waals surface area (Å²) in [5.41, 5.74) is -2.00. The second-order valence-electron chi connectivity index (χ2n) is 8.79. The molecule has 4 aromatic heterocycles. The molecule has 0 saturated carbocycles. The van der Waals surface area contributed by atoms with E-state index < -0.39 is 23.7 Å². The molecule has 1 aliphatic rings. The van der Waals surface area contributed by atoms with Gasteiger partial charge in [-0.15, -0.1) is 11.3 Å². The van der Waals surface area contributed by atoms with Crippen LogP contribution in [0.4, 0.5) is 26.3 Å². The van der Waals surface area contributed by atoms with Crippen LogP contribution in [-0.2, 0) is 18.8 Å². The smallest absolute Gasteiger partial charge is 0.432 e. The molecule has 0 aliphatic carbocycles. The Morgan fingerprint density at radius 2 is 1.31 bits per heavy atom. The lowest BCUT2D eigenvalue weighted by Crippen LogP contribution is -2.04. The molecule has 0 spiro atoms. The lowest BCUT2D eigenvalue weighted by atomic mass is 10.1. The van der Waals surface area contributed by atoms with Gasteiger partial charge in [-0.2, -0.15) is 36.5 Å². The van der Waals surface area contributed by atoms with Crippen LogP contribution in [0, 0.1) is 0 Å². The number of rotatable bonds is 8. The summed E-state index contributed by atoms with van der Waals surface area (Å²) in [7, 11) is 0. The second kappa shape index (κ2) is 10.4. The van der Waals surface area contributed by atoms with Crippen molar-refractivity contribution in [1.82, 2.24) is 25.4 Å². The maximum atomic E-state index is 13.2. The highest BCUT2D eigenvalue weighted by molar-refractivity contribution is 7.16. The number of nitrogens with zero attached hydrogens (tertiary/aromatic N) is 3. The topological polar surface area (TPSA) is 88.7 Å². The zero-order valence-electron chi connectivity index (χ0n) is 20.3. The summed E-state index contributed by atoms with van der Waals surface area (Å²) < 4.78 is 90.8. The van der Waals surface area contributed by atoms with E-state index in [9.17, 15) is 26.3 Å². The third kappa shape index (κ3) is 5.65. The van der Waals surface area contributed by atoms with Gasteiger partial charge in [-0.25, -0.2) is 4.98 Å². The van der Waals surface area contributed by atoms with Gasteiger partial charge in [0.25, 0.3) is 0 Å². The molecule has 2 N–H and O–H groups in total. The van der Waals surface area contributed by atoms with E-state index in [2.05, 4.69) is 22.1 Å². The highest BCUT2D eigenvalue weighted by atomic mass is 32.1. The Balaban J connectivity index is 1.62. The first-order valence-corrected chi connectivity index (χ1v) is 12.8. The lowest BCUT2D eigenvalue weighted by Gasteiger charge is -2.12. The van der Waals surface area contributed by atoms with Gasteiger partial charge in [0.1, 0.15) is 35.3 Å². The molecule has 5 rings (SSSR count). The monoisotopic (exact) mass is 569 g/mol. The standard InChI is InChI=1S/C25H21F6N5O2S/c1-2-3-4-5-6-18-21-22(38-8-7-37-21)23(39-18)13-9-14(16-11-19(35-33-16)24(26,27)28)32-15(10-13)17-12-20(36-34-17)25(29,30)31/h7-12H,2-6H2,1H3,(H,33,35)(H,34,36). The van der Waals surface area contributed by atoms with Crippen LogP contribution < -0.4 is 9.47 Å². The molecule has 39 heavy (non-hydrogen) atoms. The van der Waals surface area contributed by atoms with Crippen LogP contribution in [0.1, 0.15) is 48.9 Å². The summed E-state index contributed by atoms with van der Waals surface area (Å²) in [6.45, 7) is 2.11. The Bertz CT molecular complexity index is 1430. The van der Waals surface area contributed by atoms with Crippen molar-refractivity contribution in [3.63, 3.8) is 0 Å². The maximum Gasteiger partial charge on any atom is 0.432 e. The third-order valence-electron chi connectivity index (χ3n) is 5.95. The van der Waals surface area contributed by atoms with Gasteiger partial charge in [0, 0.05) is 5.56 Å². The van der Waals surface area contributed by atoms with Crippen molar-refractivity contribution in [2.75, 3.05) is 0 Å². The minimum atomic E-state index is -4.67. The predicted octanol–water partition coefficient (Wildman–Crippen LogP) is 7.99. The molecule has 0 radical (unpaired) electrons. The van der Waals surface area contributed by atoms with Crippen molar-refractivity contribution in [3.05, 3.63) is 53.1 Å². The molecule has 206 valence electrons. The predicted molar refractivity (Wildman–Crippen MR) is 131 cm³/mol. The molecule has 0 bridgehead atoms. The van der Waals surface area contributed by atoms with Gasteiger partial charge in [0.15, 0.2) is 11.5 Å². The average Bonchev–Trinajstić information content (AvgIpc) is 3.65. The van der Waals surface area contributed by atoms with Crippen molar-refractivity contribution in [3.8, 4) is 44.7 Å². The minimum Gasteiger partial charge on any atom is -0.457 e. The zero-order valence-corrected chi connectivity index (χ0v) is 21.2. The highest BCUT2D eigenvalue weighted by Crippen LogP contribution is 2.51. The molecule has 0 atom stereocenters. The Labute approximate surface area is 221 Å². The molecule has 14 heteroatoms. The van der Waals surface area contributed by atoms with Crippen LogP contribution in [0.2, 0.25) is 0 Å². The van der Waals surface area contributed by atoms with Gasteiger partial charge >= 0.3 is 12.4 Å². The number of halogens is 6. The van der Waals surface area contributed by atoms with Crippen molar-refractivity contribution in [2.45, 2.75) is 51.4 Å². The van der Waals surface area contributed by atoms with Gasteiger partial charge in [-0.3, -0.25) is 10.2 Å². The molecular formula is C25H21F6N5O2S. The van der Waals surface area contributed by atoms with Crippen LogP contribution >= 0.6 is 11.3 Å². The van der Waals surface area contributed by atoms with E-state index >= 15 is 0 Å². The fraction of sp³-hybridized carbons (Fsp3) is 0.320. The Morgan fingerprint density at radius 3 is 1.82 bits per heavy atom. The lowest BCUT2D eigenvalue weighted by molar-refractivity contribution is -0.142. The number of thiophene rings is 1. The molecular weight excluding hydrogens is 548 g/mol. The van der Waals surface area contributed by atoms with E-state index in [0.29, 0.717) is 21.9 Å². The van der Waals surface area contributed by atoms with Crippen LogP contribution in [0.3, 0.4) is 0 Å². The van der Waals surface area contributed by atoms with E-state index in [-0.39, 0.29) is 22.8 Å². The van der Waals surface area contributed by atoms with E-state index in [0.717, 1.165) is 49.1 Å². The first kappa shape index (κ1) is 26.8. The minimum absolute atomic E-state index is 0.00437. The molecule has 0 saturated heterocycles. The summed E-state index contributed by atoms with van der Waals surface area (Å²) >= 11 is 1.38. The van der Waals surface area contributed by atoms with Gasteiger partial charge in [0.2, 0.25) is 0 Å². The molecule has 1 aliphatic heterocycles. The first-order valence-electron chi connectivity index (χ1n) is 12.0. The van der Waals surface area contributed by atoms with E-state index in [1.807, 2.05) is 10.2 Å². The number of hydrogen-bond acceptors (Lipinski definition) is 6. The fourth-order valence-corrected chi connectivity index (χ4v) is 5.25. The number of hydrogen-bond donors (Lipinski definition) is 2. The highest BCUT2D eigenvalue weighted by Gasteiger charge is 2.35. The summed E-state index contributed by atoms with van der Waals surface area (Å²) in [6.07, 6.45) is -1.76. The number of nitrogens with one attached hydrogen (secondary N) is 2. The van der Waals surface area contributed by atoms with Crippen molar-refractivity contribution < 1.29 is 35.8 Å². The summed E-state index contributed by atoms with van der Waals surface area (Å²) in [6, 6.07) is 4.58. The third-order valence-corrected chi connectivity index (χ3v) is 7.22. The first-order chi connectivity index (χ1) is 18.5. The average molecular weight is 570 g/mol. The number of alkyl halides is 6. The normalized spacial score (nSPS) is 13.3. The van der Waals surface area contributed by atoms with Crippen LogP contribution in [0.25, 0.3) is 33.2 Å². The van der Waals surface area contributed by atoms with E-state index in [1.54, 1.807) is 0 Å². The summed E-state index contributed by atoms with van der Waals surface area (Å²) in [5.74, 6) is 0.944. The van der Waals surface area contributed by atoms with Crippen LogP contribution in [-0.4, -0.2) is 25.4 Å². The Morgan fingerprint density at radius 1 is 0.744 bits per heavy atom. The summed E-state index contributed by atoms with van der Waals surface area (Å²) in [4.78, 5) is 5.80. The SMILES string of the molecule is CCCCCCc1sc(-c2cc(-c3cc(C(F)(F)F)[nH]n3)nc(-c3cc(C(F)(F)F)[nH]n3)c2)c2c1OC=CO2. The number of aromatic amines is 2. The Hall–Kier alpha value is -3.81. The largest absolute Gasteiger partial charge is 0.457 e. The van der Waals surface area contributed by atoms with Crippen molar-refractivity contribution >= 4 is 11.3 Å². The molecule has 0 fully saturated rings. The second-order valence-corrected chi connectivity index (χ2v) is 9.89. The molecule has 0 unspecified atom stereocenters. The number of unbranched alkanes of at least 4 members (excludes halogenated alkanes) is 3. The molecule has 7 nitrogen and oxygen atoms in total. The van der Waals surface area contributed by atoms with E-state index in [4.69, 9.17) is 9.47 Å². The summed E-state index contributed by atoms with van der Waals surface area (Å²) in [5, 5.41) is 11.4. The number of fused-ring (bicyclic) bond motifs is 1. The zero-order chi connectivity index (χ0) is 27.8. The quantitative estimate of drug-likeness (QED) is 0.166. The van der Waals surface area contributed by atoms with Gasteiger partial charge < -0.3 is 9.47 Å². The number of pyridine rings is 1. The van der Waals surface area contributed by atoms with Gasteiger partial charge in [-0.05, 0) is 37.1 Å². The van der Waals surface area contributed by atoms with Crippen molar-refractivity contribution in [1.29, 1.82) is 0 Å². The number of aromatic nitrogens is 5. The Kier molecular flexibility index (Phi) is 7.14. The molecule has 5 heterocycles. The number of aryl methyl sites for hydroxylation is 1. The molecule has 4 aromatic rings. The van der Waals surface area contributed by atoms with Gasteiger partial charge in [0.05, 0.1) is 21.1 Å². The number of H-pyrrole nitrogens is 2.